The Morgan fingerprint density at radius 3 is 2.11 bits per heavy atom. The maximum atomic E-state index is 13.2. The lowest BCUT2D eigenvalue weighted by Crippen LogP contribution is -2.57. The number of para-hydroxylation sites is 1. The average Bonchev–Trinajstić information content (AvgIpc) is 2.93. The molecule has 1 atom stereocenters. The Bertz CT molecular complexity index is 1170. The standard InChI is InChI=1S/C29H30N2O6/c32-27(37-18-15-22-7-3-1-4-8-22)21-26-28(33)30-16-17-31(26)29(34)23-11-13-25(14-12-23)36-20-19-35-24-9-5-2-6-10-24/h1-14,26H,15-21H2,(H,30,33). The molecule has 0 radical (unpaired) electrons. The first kappa shape index (κ1) is 25.8. The summed E-state index contributed by atoms with van der Waals surface area (Å²) in [6, 6.07) is 24.9. The summed E-state index contributed by atoms with van der Waals surface area (Å²) in [4.78, 5) is 39.6. The largest absolute Gasteiger partial charge is 0.490 e. The van der Waals surface area contributed by atoms with Crippen molar-refractivity contribution < 1.29 is 28.6 Å². The second-order valence-corrected chi connectivity index (χ2v) is 8.50. The van der Waals surface area contributed by atoms with E-state index in [0.29, 0.717) is 44.0 Å². The van der Waals surface area contributed by atoms with Gasteiger partial charge in [-0.2, -0.15) is 0 Å². The van der Waals surface area contributed by atoms with Gasteiger partial charge in [0.05, 0.1) is 13.0 Å². The Labute approximate surface area is 216 Å². The van der Waals surface area contributed by atoms with Crippen molar-refractivity contribution in [2.75, 3.05) is 32.9 Å². The van der Waals surface area contributed by atoms with Crippen LogP contribution in [-0.4, -0.2) is 61.6 Å². The van der Waals surface area contributed by atoms with Crippen LogP contribution in [0.1, 0.15) is 22.3 Å². The number of amides is 2. The zero-order valence-corrected chi connectivity index (χ0v) is 20.5. The highest BCUT2D eigenvalue weighted by atomic mass is 16.5. The Morgan fingerprint density at radius 2 is 1.43 bits per heavy atom. The van der Waals surface area contributed by atoms with Gasteiger partial charge in [0.1, 0.15) is 30.8 Å². The van der Waals surface area contributed by atoms with E-state index in [-0.39, 0.29) is 24.8 Å². The lowest BCUT2D eigenvalue weighted by molar-refractivity contribution is -0.147. The molecule has 8 nitrogen and oxygen atoms in total. The number of nitrogens with zero attached hydrogens (tertiary/aromatic N) is 1. The first-order chi connectivity index (χ1) is 18.1. The molecule has 2 amide bonds. The average molecular weight is 503 g/mol. The van der Waals surface area contributed by atoms with Crippen LogP contribution in [0.5, 0.6) is 11.5 Å². The molecule has 37 heavy (non-hydrogen) atoms. The molecule has 1 heterocycles. The zero-order chi connectivity index (χ0) is 25.9. The van der Waals surface area contributed by atoms with Crippen molar-refractivity contribution in [3.05, 3.63) is 96.1 Å². The Morgan fingerprint density at radius 1 is 0.811 bits per heavy atom. The lowest BCUT2D eigenvalue weighted by atomic mass is 10.1. The first-order valence-electron chi connectivity index (χ1n) is 12.3. The molecule has 192 valence electrons. The minimum Gasteiger partial charge on any atom is -0.490 e. The summed E-state index contributed by atoms with van der Waals surface area (Å²) in [5.41, 5.74) is 1.46. The third-order valence-electron chi connectivity index (χ3n) is 5.91. The topological polar surface area (TPSA) is 94.2 Å². The van der Waals surface area contributed by atoms with Crippen LogP contribution < -0.4 is 14.8 Å². The second kappa shape index (κ2) is 13.1. The molecule has 8 heteroatoms. The molecule has 1 aliphatic rings. The smallest absolute Gasteiger partial charge is 0.308 e. The fourth-order valence-electron chi connectivity index (χ4n) is 4.00. The van der Waals surface area contributed by atoms with Crippen LogP contribution in [0.4, 0.5) is 0 Å². The van der Waals surface area contributed by atoms with Gasteiger partial charge in [0.25, 0.3) is 5.91 Å². The van der Waals surface area contributed by atoms with E-state index >= 15 is 0 Å². The van der Waals surface area contributed by atoms with Gasteiger partial charge < -0.3 is 24.4 Å². The van der Waals surface area contributed by atoms with E-state index in [1.807, 2.05) is 60.7 Å². The molecule has 3 aromatic carbocycles. The van der Waals surface area contributed by atoms with E-state index in [1.165, 1.54) is 4.90 Å². The molecule has 0 bridgehead atoms. The predicted molar refractivity (Wildman–Crippen MR) is 137 cm³/mol. The Balaban J connectivity index is 1.27. The number of hydrogen-bond acceptors (Lipinski definition) is 6. The van der Waals surface area contributed by atoms with Crippen LogP contribution in [0.2, 0.25) is 0 Å². The molecule has 0 spiro atoms. The van der Waals surface area contributed by atoms with E-state index in [0.717, 1.165) is 11.3 Å². The SMILES string of the molecule is O=C(CC1C(=O)NCCN1C(=O)c1ccc(OCCOc2ccccc2)cc1)OCCc1ccccc1. The van der Waals surface area contributed by atoms with Gasteiger partial charge in [-0.25, -0.2) is 0 Å². The summed E-state index contributed by atoms with van der Waals surface area (Å²) in [5, 5.41) is 2.73. The summed E-state index contributed by atoms with van der Waals surface area (Å²) >= 11 is 0. The van der Waals surface area contributed by atoms with Crippen LogP contribution in [0.25, 0.3) is 0 Å². The van der Waals surface area contributed by atoms with E-state index in [1.54, 1.807) is 24.3 Å². The third kappa shape index (κ3) is 7.57. The lowest BCUT2D eigenvalue weighted by Gasteiger charge is -2.34. The maximum absolute atomic E-state index is 13.2. The highest BCUT2D eigenvalue weighted by Crippen LogP contribution is 2.18. The number of rotatable bonds is 11. The van der Waals surface area contributed by atoms with Crippen molar-refractivity contribution in [3.8, 4) is 11.5 Å². The van der Waals surface area contributed by atoms with Crippen molar-refractivity contribution in [2.45, 2.75) is 18.9 Å². The van der Waals surface area contributed by atoms with Gasteiger partial charge >= 0.3 is 5.97 Å². The molecule has 0 aliphatic carbocycles. The van der Waals surface area contributed by atoms with Crippen molar-refractivity contribution in [1.82, 2.24) is 10.2 Å². The van der Waals surface area contributed by atoms with Crippen LogP contribution in [-0.2, 0) is 20.7 Å². The normalized spacial score (nSPS) is 15.0. The molecule has 0 aromatic heterocycles. The van der Waals surface area contributed by atoms with Gasteiger partial charge in [-0.3, -0.25) is 14.4 Å². The molecule has 1 aliphatic heterocycles. The number of esters is 1. The molecule has 1 unspecified atom stereocenters. The first-order valence-corrected chi connectivity index (χ1v) is 12.3. The van der Waals surface area contributed by atoms with Crippen molar-refractivity contribution in [2.24, 2.45) is 0 Å². The van der Waals surface area contributed by atoms with E-state index in [9.17, 15) is 14.4 Å². The van der Waals surface area contributed by atoms with Gasteiger partial charge in [0.2, 0.25) is 5.91 Å². The fraction of sp³-hybridized carbons (Fsp3) is 0.276. The summed E-state index contributed by atoms with van der Waals surface area (Å²) in [7, 11) is 0. The Hall–Kier alpha value is -4.33. The minimum atomic E-state index is -0.920. The van der Waals surface area contributed by atoms with Crippen LogP contribution in [0.3, 0.4) is 0 Å². The third-order valence-corrected chi connectivity index (χ3v) is 5.91. The Kier molecular flexibility index (Phi) is 9.12. The molecular weight excluding hydrogens is 472 g/mol. The molecular formula is C29H30N2O6. The molecule has 1 saturated heterocycles. The summed E-state index contributed by atoms with van der Waals surface area (Å²) in [6.45, 7) is 1.58. The van der Waals surface area contributed by atoms with Gasteiger partial charge in [-0.15, -0.1) is 0 Å². The number of carbonyl (C=O) groups excluding carboxylic acids is 3. The number of benzene rings is 3. The second-order valence-electron chi connectivity index (χ2n) is 8.50. The van der Waals surface area contributed by atoms with Gasteiger partial charge in [0.15, 0.2) is 0 Å². The van der Waals surface area contributed by atoms with Crippen LogP contribution in [0, 0.1) is 0 Å². The predicted octanol–water partition coefficient (Wildman–Crippen LogP) is 3.26. The molecule has 1 fully saturated rings. The molecule has 0 saturated carbocycles. The molecule has 4 rings (SSSR count). The number of nitrogens with one attached hydrogen (secondary N) is 1. The number of carbonyl (C=O) groups is 3. The number of hydrogen-bond donors (Lipinski definition) is 1. The highest BCUT2D eigenvalue weighted by molar-refractivity contribution is 5.99. The summed E-state index contributed by atoms with van der Waals surface area (Å²) < 4.78 is 16.6. The van der Waals surface area contributed by atoms with Crippen LogP contribution in [0.15, 0.2) is 84.9 Å². The minimum absolute atomic E-state index is 0.199. The van der Waals surface area contributed by atoms with Gasteiger partial charge in [-0.05, 0) is 42.0 Å². The van der Waals surface area contributed by atoms with Crippen molar-refractivity contribution in [3.63, 3.8) is 0 Å². The van der Waals surface area contributed by atoms with Gasteiger partial charge in [-0.1, -0.05) is 48.5 Å². The maximum Gasteiger partial charge on any atom is 0.308 e. The quantitative estimate of drug-likeness (QED) is 0.320. The van der Waals surface area contributed by atoms with Crippen molar-refractivity contribution in [1.29, 1.82) is 0 Å². The fourth-order valence-corrected chi connectivity index (χ4v) is 4.00. The van der Waals surface area contributed by atoms with Gasteiger partial charge in [0, 0.05) is 25.1 Å². The van der Waals surface area contributed by atoms with E-state index in [4.69, 9.17) is 14.2 Å². The van der Waals surface area contributed by atoms with Crippen molar-refractivity contribution >= 4 is 17.8 Å². The highest BCUT2D eigenvalue weighted by Gasteiger charge is 2.35. The summed E-state index contributed by atoms with van der Waals surface area (Å²) in [5.74, 6) is 0.168. The zero-order valence-electron chi connectivity index (χ0n) is 20.5. The monoisotopic (exact) mass is 502 g/mol. The van der Waals surface area contributed by atoms with Crippen LogP contribution >= 0.6 is 0 Å². The molecule has 3 aromatic rings. The number of ether oxygens (including phenoxy) is 3. The number of piperazine rings is 1. The summed E-state index contributed by atoms with van der Waals surface area (Å²) in [6.07, 6.45) is 0.383. The van der Waals surface area contributed by atoms with E-state index in [2.05, 4.69) is 5.32 Å². The molecule has 1 N–H and O–H groups in total. The van der Waals surface area contributed by atoms with E-state index < -0.39 is 12.0 Å².